The largest absolute Gasteiger partial charge is 0.382 e. The van der Waals surface area contributed by atoms with Gasteiger partial charge in [0.25, 0.3) is 0 Å². The molecule has 108 valence electrons. The Morgan fingerprint density at radius 3 is 2.35 bits per heavy atom. The fourth-order valence-electron chi connectivity index (χ4n) is 3.48. The van der Waals surface area contributed by atoms with Crippen molar-refractivity contribution in [3.63, 3.8) is 0 Å². The minimum Gasteiger partial charge on any atom is -0.382 e. The predicted molar refractivity (Wildman–Crippen MR) is 80.0 cm³/mol. The molecule has 1 aromatic rings. The first-order chi connectivity index (χ1) is 9.69. The van der Waals surface area contributed by atoms with E-state index in [1.54, 1.807) is 0 Å². The van der Waals surface area contributed by atoms with E-state index in [0.29, 0.717) is 24.3 Å². The van der Waals surface area contributed by atoms with E-state index in [2.05, 4.69) is 6.07 Å². The first-order valence-electron chi connectivity index (χ1n) is 8.06. The van der Waals surface area contributed by atoms with Crippen molar-refractivity contribution in [1.82, 2.24) is 0 Å². The average molecular weight is 272 g/mol. The van der Waals surface area contributed by atoms with Crippen LogP contribution in [0.1, 0.15) is 79.6 Å². The SMILES string of the molecule is O=C(c1cccc(C2CCC2)c1)C1(O)CCCCCC1. The first-order valence-corrected chi connectivity index (χ1v) is 8.06. The topological polar surface area (TPSA) is 37.3 Å². The minimum absolute atomic E-state index is 0.0550. The molecule has 0 atom stereocenters. The van der Waals surface area contributed by atoms with Crippen LogP contribution in [0.3, 0.4) is 0 Å². The van der Waals surface area contributed by atoms with Crippen molar-refractivity contribution < 1.29 is 9.90 Å². The van der Waals surface area contributed by atoms with Crippen LogP contribution < -0.4 is 0 Å². The van der Waals surface area contributed by atoms with Gasteiger partial charge in [0.05, 0.1) is 0 Å². The summed E-state index contributed by atoms with van der Waals surface area (Å²) < 4.78 is 0. The smallest absolute Gasteiger partial charge is 0.194 e. The van der Waals surface area contributed by atoms with E-state index in [1.807, 2.05) is 18.2 Å². The van der Waals surface area contributed by atoms with E-state index in [4.69, 9.17) is 0 Å². The highest BCUT2D eigenvalue weighted by molar-refractivity contribution is 6.02. The summed E-state index contributed by atoms with van der Waals surface area (Å²) in [6.07, 6.45) is 9.22. The summed E-state index contributed by atoms with van der Waals surface area (Å²) in [6, 6.07) is 7.99. The second-order valence-corrected chi connectivity index (χ2v) is 6.53. The Hall–Kier alpha value is -1.15. The van der Waals surface area contributed by atoms with Crippen molar-refractivity contribution in [2.45, 2.75) is 69.3 Å². The first kappa shape index (κ1) is 13.8. The highest BCUT2D eigenvalue weighted by atomic mass is 16.3. The maximum absolute atomic E-state index is 12.7. The van der Waals surface area contributed by atoms with Gasteiger partial charge in [-0.2, -0.15) is 0 Å². The fraction of sp³-hybridized carbons (Fsp3) is 0.611. The molecule has 0 aromatic heterocycles. The molecule has 0 heterocycles. The van der Waals surface area contributed by atoms with Gasteiger partial charge in [0.1, 0.15) is 5.60 Å². The molecule has 0 radical (unpaired) electrons. The summed E-state index contributed by atoms with van der Waals surface area (Å²) in [6.45, 7) is 0. The van der Waals surface area contributed by atoms with Crippen LogP contribution in [0.15, 0.2) is 24.3 Å². The molecule has 2 fully saturated rings. The van der Waals surface area contributed by atoms with Crippen molar-refractivity contribution in [1.29, 1.82) is 0 Å². The Morgan fingerprint density at radius 2 is 1.75 bits per heavy atom. The Kier molecular flexibility index (Phi) is 3.93. The lowest BCUT2D eigenvalue weighted by molar-refractivity contribution is 0.0238. The van der Waals surface area contributed by atoms with Crippen molar-refractivity contribution in [2.24, 2.45) is 0 Å². The lowest BCUT2D eigenvalue weighted by Crippen LogP contribution is -2.38. The third kappa shape index (κ3) is 2.67. The van der Waals surface area contributed by atoms with Gasteiger partial charge in [-0.1, -0.05) is 50.3 Å². The van der Waals surface area contributed by atoms with Crippen LogP contribution in [0.4, 0.5) is 0 Å². The number of rotatable bonds is 3. The summed E-state index contributed by atoms with van der Waals surface area (Å²) >= 11 is 0. The second kappa shape index (κ2) is 5.69. The molecular formula is C18H24O2. The van der Waals surface area contributed by atoms with Crippen LogP contribution in [0, 0.1) is 0 Å². The molecular weight excluding hydrogens is 248 g/mol. The fourth-order valence-corrected chi connectivity index (χ4v) is 3.48. The van der Waals surface area contributed by atoms with E-state index < -0.39 is 5.60 Å². The molecule has 0 unspecified atom stereocenters. The van der Waals surface area contributed by atoms with E-state index in [-0.39, 0.29) is 5.78 Å². The number of carbonyl (C=O) groups excluding carboxylic acids is 1. The normalized spacial score (nSPS) is 22.9. The molecule has 0 aliphatic heterocycles. The summed E-state index contributed by atoms with van der Waals surface area (Å²) in [7, 11) is 0. The van der Waals surface area contributed by atoms with Crippen LogP contribution in [0.5, 0.6) is 0 Å². The third-order valence-electron chi connectivity index (χ3n) is 5.08. The summed E-state index contributed by atoms with van der Waals surface area (Å²) in [4.78, 5) is 12.7. The number of ketones is 1. The monoisotopic (exact) mass is 272 g/mol. The quantitative estimate of drug-likeness (QED) is 0.660. The standard InChI is InChI=1S/C18H24O2/c19-17(18(20)11-3-1-2-4-12-18)16-10-6-9-15(13-16)14-7-5-8-14/h6,9-10,13-14,20H,1-5,7-8,11-12H2. The van der Waals surface area contributed by atoms with Crippen molar-refractivity contribution in [3.8, 4) is 0 Å². The number of Topliss-reactive ketones (excluding diaryl/α,β-unsaturated/α-hetero) is 1. The van der Waals surface area contributed by atoms with Gasteiger partial charge >= 0.3 is 0 Å². The molecule has 2 heteroatoms. The van der Waals surface area contributed by atoms with Gasteiger partial charge in [-0.25, -0.2) is 0 Å². The van der Waals surface area contributed by atoms with E-state index in [0.717, 1.165) is 25.7 Å². The molecule has 3 rings (SSSR count). The van der Waals surface area contributed by atoms with Crippen LogP contribution in [0.2, 0.25) is 0 Å². The summed E-state index contributed by atoms with van der Waals surface area (Å²) in [5.41, 5.74) is 0.868. The highest BCUT2D eigenvalue weighted by Gasteiger charge is 2.36. The van der Waals surface area contributed by atoms with Gasteiger partial charge in [-0.3, -0.25) is 4.79 Å². The van der Waals surface area contributed by atoms with E-state index in [1.165, 1.54) is 24.8 Å². The number of hydrogen-bond acceptors (Lipinski definition) is 2. The lowest BCUT2D eigenvalue weighted by atomic mass is 9.78. The maximum atomic E-state index is 12.7. The van der Waals surface area contributed by atoms with Crippen LogP contribution in [0.25, 0.3) is 0 Å². The maximum Gasteiger partial charge on any atom is 0.194 e. The Balaban J connectivity index is 1.81. The zero-order valence-electron chi connectivity index (χ0n) is 12.1. The number of benzene rings is 1. The van der Waals surface area contributed by atoms with E-state index in [9.17, 15) is 9.90 Å². The molecule has 0 amide bonds. The number of hydrogen-bond donors (Lipinski definition) is 1. The van der Waals surface area contributed by atoms with Gasteiger partial charge in [-0.05, 0) is 43.2 Å². The van der Waals surface area contributed by atoms with Crippen LogP contribution in [-0.2, 0) is 0 Å². The Morgan fingerprint density at radius 1 is 1.05 bits per heavy atom. The Labute approximate surface area is 121 Å². The molecule has 2 nitrogen and oxygen atoms in total. The van der Waals surface area contributed by atoms with Gasteiger partial charge in [0.15, 0.2) is 5.78 Å². The van der Waals surface area contributed by atoms with Crippen molar-refractivity contribution >= 4 is 5.78 Å². The molecule has 2 aliphatic rings. The molecule has 20 heavy (non-hydrogen) atoms. The lowest BCUT2D eigenvalue weighted by Gasteiger charge is -2.28. The van der Waals surface area contributed by atoms with Gasteiger partial charge in [0, 0.05) is 5.56 Å². The summed E-state index contributed by atoms with van der Waals surface area (Å²) in [5.74, 6) is 0.576. The summed E-state index contributed by atoms with van der Waals surface area (Å²) in [5, 5.41) is 10.7. The van der Waals surface area contributed by atoms with Crippen molar-refractivity contribution in [2.75, 3.05) is 0 Å². The van der Waals surface area contributed by atoms with Gasteiger partial charge < -0.3 is 5.11 Å². The van der Waals surface area contributed by atoms with E-state index >= 15 is 0 Å². The van der Waals surface area contributed by atoms with Crippen LogP contribution >= 0.6 is 0 Å². The average Bonchev–Trinajstić information content (AvgIpc) is 2.62. The minimum atomic E-state index is -1.12. The second-order valence-electron chi connectivity index (χ2n) is 6.53. The number of aliphatic hydroxyl groups is 1. The number of carbonyl (C=O) groups is 1. The molecule has 2 aliphatic carbocycles. The molecule has 0 spiro atoms. The molecule has 1 aromatic carbocycles. The molecule has 0 saturated heterocycles. The Bertz CT molecular complexity index is 480. The third-order valence-corrected chi connectivity index (χ3v) is 5.08. The molecule has 2 saturated carbocycles. The van der Waals surface area contributed by atoms with Gasteiger partial charge in [-0.15, -0.1) is 0 Å². The molecule has 0 bridgehead atoms. The van der Waals surface area contributed by atoms with Crippen LogP contribution in [-0.4, -0.2) is 16.5 Å². The predicted octanol–water partition coefficient (Wildman–Crippen LogP) is 4.22. The molecule has 1 N–H and O–H groups in total. The highest BCUT2D eigenvalue weighted by Crippen LogP contribution is 2.37. The zero-order chi connectivity index (χ0) is 14.0. The van der Waals surface area contributed by atoms with Gasteiger partial charge in [0.2, 0.25) is 0 Å². The zero-order valence-corrected chi connectivity index (χ0v) is 12.1. The van der Waals surface area contributed by atoms with Crippen molar-refractivity contribution in [3.05, 3.63) is 35.4 Å².